The molecule has 1 aromatic carbocycles. The summed E-state index contributed by atoms with van der Waals surface area (Å²) in [6.45, 7) is 2.24. The molecule has 0 heterocycles. The molecule has 4 nitrogen and oxygen atoms in total. The van der Waals surface area contributed by atoms with Gasteiger partial charge in [0.05, 0.1) is 10.0 Å². The summed E-state index contributed by atoms with van der Waals surface area (Å²) < 4.78 is -1.80. The minimum Gasteiger partial charge on any atom is -0.339 e. The second kappa shape index (κ2) is 18.1. The molecule has 3 N–H and O–H groups in total. The number of hydrogen-bond acceptors (Lipinski definition) is 2. The van der Waals surface area contributed by atoms with Crippen LogP contribution in [0.2, 0.25) is 10.0 Å². The molecule has 1 unspecified atom stereocenters. The summed E-state index contributed by atoms with van der Waals surface area (Å²) in [5.74, 6) is -0.201. The molecule has 0 aromatic heterocycles. The van der Waals surface area contributed by atoms with Crippen molar-refractivity contribution in [1.82, 2.24) is 10.6 Å². The number of thiocarbonyl (C=S) groups is 1. The van der Waals surface area contributed by atoms with Crippen LogP contribution < -0.4 is 16.0 Å². The number of amides is 1. The number of carbonyl (C=O) groups excluding carboxylic acids is 1. The van der Waals surface area contributed by atoms with Crippen LogP contribution in [0, 0.1) is 0 Å². The van der Waals surface area contributed by atoms with Gasteiger partial charge in [-0.05, 0) is 36.8 Å². The van der Waals surface area contributed by atoms with Gasteiger partial charge in [-0.25, -0.2) is 0 Å². The van der Waals surface area contributed by atoms with Gasteiger partial charge in [-0.2, -0.15) is 0 Å². The van der Waals surface area contributed by atoms with Crippen molar-refractivity contribution in [2.24, 2.45) is 0 Å². The molecule has 1 rings (SSSR count). The Morgan fingerprint density at radius 3 is 1.88 bits per heavy atom. The molecule has 0 aliphatic heterocycles. The molecule has 0 spiro atoms. The van der Waals surface area contributed by atoms with Crippen molar-refractivity contribution in [3.8, 4) is 0 Å². The predicted octanol–water partition coefficient (Wildman–Crippen LogP) is 9.18. The quantitative estimate of drug-likeness (QED) is 0.0776. The SMILES string of the molecule is CCCCCCCCCCCCCCC(=O)NC(NC(=S)Nc1ccc(Cl)c(Cl)c1)C(Cl)(Cl)Cl. The average Bonchev–Trinajstić information content (AvgIpc) is 2.76. The Morgan fingerprint density at radius 1 is 0.853 bits per heavy atom. The fraction of sp³-hybridized carbons (Fsp3) is 0.667. The summed E-state index contributed by atoms with van der Waals surface area (Å²) in [6, 6.07) is 4.96. The molecular formula is C24H36Cl5N3OS. The van der Waals surface area contributed by atoms with Crippen molar-refractivity contribution >= 4 is 86.9 Å². The van der Waals surface area contributed by atoms with Gasteiger partial charge in [0.1, 0.15) is 6.17 Å². The predicted molar refractivity (Wildman–Crippen MR) is 154 cm³/mol. The van der Waals surface area contributed by atoms with Gasteiger partial charge < -0.3 is 16.0 Å². The lowest BCUT2D eigenvalue weighted by atomic mass is 10.0. The first-order valence-electron chi connectivity index (χ1n) is 12.0. The van der Waals surface area contributed by atoms with Crippen LogP contribution in [0.25, 0.3) is 0 Å². The van der Waals surface area contributed by atoms with Crippen LogP contribution in [0.1, 0.15) is 90.4 Å². The number of nitrogens with one attached hydrogen (secondary N) is 3. The molecule has 0 bridgehead atoms. The fourth-order valence-corrected chi connectivity index (χ4v) is 4.29. The lowest BCUT2D eigenvalue weighted by molar-refractivity contribution is -0.122. The third-order valence-corrected chi connectivity index (χ3v) is 6.96. The van der Waals surface area contributed by atoms with Gasteiger partial charge in [0.2, 0.25) is 9.70 Å². The highest BCUT2D eigenvalue weighted by molar-refractivity contribution is 7.80. The lowest BCUT2D eigenvalue weighted by Crippen LogP contribution is -2.56. The van der Waals surface area contributed by atoms with Gasteiger partial charge in [-0.1, -0.05) is 136 Å². The second-order valence-electron chi connectivity index (χ2n) is 8.41. The van der Waals surface area contributed by atoms with Crippen LogP contribution in [0.3, 0.4) is 0 Å². The number of halogens is 5. The molecular weight excluding hydrogens is 556 g/mol. The highest BCUT2D eigenvalue weighted by Gasteiger charge is 2.34. The van der Waals surface area contributed by atoms with E-state index in [2.05, 4.69) is 22.9 Å². The molecule has 0 aliphatic rings. The number of unbranched alkanes of at least 4 members (excludes halogenated alkanes) is 11. The van der Waals surface area contributed by atoms with Crippen molar-refractivity contribution in [3.63, 3.8) is 0 Å². The molecule has 1 atom stereocenters. The van der Waals surface area contributed by atoms with E-state index in [1.165, 1.54) is 57.8 Å². The first-order valence-corrected chi connectivity index (χ1v) is 14.3. The van der Waals surface area contributed by atoms with Gasteiger partial charge >= 0.3 is 0 Å². The Hall–Kier alpha value is -0.170. The number of hydrogen-bond donors (Lipinski definition) is 3. The van der Waals surface area contributed by atoms with E-state index in [1.54, 1.807) is 18.2 Å². The van der Waals surface area contributed by atoms with E-state index in [0.29, 0.717) is 22.2 Å². The zero-order valence-electron chi connectivity index (χ0n) is 19.7. The van der Waals surface area contributed by atoms with Crippen molar-refractivity contribution in [1.29, 1.82) is 0 Å². The molecule has 34 heavy (non-hydrogen) atoms. The average molecular weight is 592 g/mol. The number of anilines is 1. The topological polar surface area (TPSA) is 53.2 Å². The van der Waals surface area contributed by atoms with E-state index in [-0.39, 0.29) is 11.0 Å². The summed E-state index contributed by atoms with van der Waals surface area (Å²) in [5.41, 5.74) is 0.609. The summed E-state index contributed by atoms with van der Waals surface area (Å²) in [4.78, 5) is 12.4. The summed E-state index contributed by atoms with van der Waals surface area (Å²) >= 11 is 35.3. The fourth-order valence-electron chi connectivity index (χ4n) is 3.43. The molecule has 1 amide bonds. The number of benzene rings is 1. The van der Waals surface area contributed by atoms with Crippen molar-refractivity contribution in [3.05, 3.63) is 28.2 Å². The van der Waals surface area contributed by atoms with Crippen molar-refractivity contribution in [2.45, 2.75) is 100 Å². The van der Waals surface area contributed by atoms with Crippen molar-refractivity contribution < 1.29 is 4.79 Å². The number of rotatable bonds is 16. The Morgan fingerprint density at radius 2 is 1.38 bits per heavy atom. The third-order valence-electron chi connectivity index (χ3n) is 5.34. The van der Waals surface area contributed by atoms with E-state index in [1.807, 2.05) is 0 Å². The number of alkyl halides is 3. The highest BCUT2D eigenvalue weighted by Crippen LogP contribution is 2.29. The first-order chi connectivity index (χ1) is 16.1. The van der Waals surface area contributed by atoms with Crippen LogP contribution in [0.15, 0.2) is 18.2 Å². The third kappa shape index (κ3) is 15.1. The molecule has 0 saturated carbocycles. The number of carbonyl (C=O) groups is 1. The van der Waals surface area contributed by atoms with E-state index in [0.717, 1.165) is 19.3 Å². The van der Waals surface area contributed by atoms with Crippen LogP contribution in [0.5, 0.6) is 0 Å². The van der Waals surface area contributed by atoms with Crippen LogP contribution in [-0.4, -0.2) is 21.0 Å². The van der Waals surface area contributed by atoms with Gasteiger partial charge in [-0.15, -0.1) is 0 Å². The van der Waals surface area contributed by atoms with Gasteiger partial charge in [-0.3, -0.25) is 4.79 Å². The van der Waals surface area contributed by atoms with E-state index >= 15 is 0 Å². The highest BCUT2D eigenvalue weighted by atomic mass is 35.6. The molecule has 0 radical (unpaired) electrons. The summed E-state index contributed by atoms with van der Waals surface area (Å²) in [7, 11) is 0. The molecule has 0 saturated heterocycles. The Kier molecular flexibility index (Phi) is 17.0. The van der Waals surface area contributed by atoms with E-state index in [9.17, 15) is 4.79 Å². The zero-order chi connectivity index (χ0) is 25.4. The maximum absolute atomic E-state index is 12.4. The first kappa shape index (κ1) is 31.9. The Balaban J connectivity index is 2.26. The maximum atomic E-state index is 12.4. The van der Waals surface area contributed by atoms with E-state index < -0.39 is 9.96 Å². The largest absolute Gasteiger partial charge is 0.339 e. The lowest BCUT2D eigenvalue weighted by Gasteiger charge is -2.27. The normalized spacial score (nSPS) is 12.3. The standard InChI is InChI=1S/C24H36Cl5N3OS/c1-2-3-4-5-6-7-8-9-10-11-12-13-14-21(33)31-22(24(27,28)29)32-23(34)30-18-15-16-19(25)20(26)17-18/h15-17,22H,2-14H2,1H3,(H,31,33)(H2,30,32,34). The Bertz CT molecular complexity index is 746. The summed E-state index contributed by atoms with van der Waals surface area (Å²) in [6.07, 6.45) is 14.2. The molecule has 1 aromatic rings. The van der Waals surface area contributed by atoms with Crippen LogP contribution in [-0.2, 0) is 4.79 Å². The maximum Gasteiger partial charge on any atom is 0.228 e. The van der Waals surface area contributed by atoms with Gasteiger partial charge in [0, 0.05) is 12.1 Å². The van der Waals surface area contributed by atoms with Crippen molar-refractivity contribution in [2.75, 3.05) is 5.32 Å². The monoisotopic (exact) mass is 589 g/mol. The molecule has 10 heteroatoms. The zero-order valence-corrected chi connectivity index (χ0v) is 24.3. The molecule has 0 fully saturated rings. The van der Waals surface area contributed by atoms with Crippen LogP contribution in [0.4, 0.5) is 5.69 Å². The smallest absolute Gasteiger partial charge is 0.228 e. The van der Waals surface area contributed by atoms with Gasteiger partial charge in [0.15, 0.2) is 5.11 Å². The second-order valence-corrected chi connectivity index (χ2v) is 12.0. The molecule has 0 aliphatic carbocycles. The molecule has 194 valence electrons. The summed E-state index contributed by atoms with van der Waals surface area (Å²) in [5, 5.41) is 9.45. The van der Waals surface area contributed by atoms with Gasteiger partial charge in [0.25, 0.3) is 0 Å². The van der Waals surface area contributed by atoms with Crippen LogP contribution >= 0.6 is 70.2 Å². The minimum atomic E-state index is -1.80. The van der Waals surface area contributed by atoms with E-state index in [4.69, 9.17) is 70.2 Å². The minimum absolute atomic E-state index is 0.167. The Labute approximate surface area is 235 Å².